The molecule has 5 aromatic heterocycles. The highest BCUT2D eigenvalue weighted by molar-refractivity contribution is 7.22. The maximum atomic E-state index is 5.73. The van der Waals surface area contributed by atoms with Gasteiger partial charge in [0.15, 0.2) is 16.8 Å². The maximum absolute atomic E-state index is 5.73. The molecule has 0 bridgehead atoms. The normalized spacial score (nSPS) is 20.3. The van der Waals surface area contributed by atoms with Gasteiger partial charge in [-0.05, 0) is 19.1 Å². The summed E-state index contributed by atoms with van der Waals surface area (Å²) in [4.78, 5) is 26.8. The van der Waals surface area contributed by atoms with Crippen LogP contribution in [0.3, 0.4) is 0 Å². The van der Waals surface area contributed by atoms with E-state index < -0.39 is 0 Å². The topological polar surface area (TPSA) is 107 Å². The van der Waals surface area contributed by atoms with Crippen LogP contribution < -0.4 is 14.5 Å². The van der Waals surface area contributed by atoms with Crippen LogP contribution in [0.2, 0.25) is 0 Å². The number of thiazole rings is 1. The van der Waals surface area contributed by atoms with Gasteiger partial charge in [0, 0.05) is 75.9 Å². The molecule has 222 valence electrons. The number of nitrogens with zero attached hydrogens (tertiary/aromatic N) is 9. The summed E-state index contributed by atoms with van der Waals surface area (Å²) >= 11 is 1.73. The smallest absolute Gasteiger partial charge is 0.186 e. The van der Waals surface area contributed by atoms with Crippen LogP contribution in [0.1, 0.15) is 5.69 Å². The molecular weight excluding hydrogens is 566 g/mol. The third-order valence-corrected chi connectivity index (χ3v) is 9.86. The molecule has 3 aliphatic rings. The van der Waals surface area contributed by atoms with E-state index in [-0.39, 0.29) is 6.10 Å². The van der Waals surface area contributed by atoms with Crippen molar-refractivity contribution in [1.29, 1.82) is 0 Å². The predicted octanol–water partition coefficient (Wildman–Crippen LogP) is 3.16. The zero-order valence-electron chi connectivity index (χ0n) is 24.4. The Hall–Kier alpha value is -3.91. The molecule has 3 aliphatic heterocycles. The highest BCUT2D eigenvalue weighted by Crippen LogP contribution is 2.41. The molecule has 0 spiro atoms. The van der Waals surface area contributed by atoms with Crippen molar-refractivity contribution in [1.82, 2.24) is 34.6 Å². The van der Waals surface area contributed by atoms with E-state index in [9.17, 15) is 0 Å². The SMILES string of the molecule is COCCN1CCN(c2nc3c(N4CC5OCC54)nc(-n4ncc5c(C)nc(-c6cnccc6OC)cc54)cc3s2)CC1. The molecule has 0 radical (unpaired) electrons. The molecule has 5 aromatic rings. The monoisotopic (exact) mass is 599 g/mol. The Labute approximate surface area is 252 Å². The minimum Gasteiger partial charge on any atom is -0.496 e. The number of piperazine rings is 1. The Morgan fingerprint density at radius 2 is 1.95 bits per heavy atom. The molecule has 2 atom stereocenters. The van der Waals surface area contributed by atoms with Gasteiger partial charge in [0.1, 0.15) is 11.3 Å². The van der Waals surface area contributed by atoms with Crippen molar-refractivity contribution in [2.24, 2.45) is 0 Å². The van der Waals surface area contributed by atoms with Crippen LogP contribution >= 0.6 is 11.3 Å². The zero-order valence-corrected chi connectivity index (χ0v) is 25.3. The Bertz CT molecular complexity index is 1820. The summed E-state index contributed by atoms with van der Waals surface area (Å²) < 4.78 is 19.6. The van der Waals surface area contributed by atoms with Crippen molar-refractivity contribution in [3.05, 3.63) is 42.5 Å². The van der Waals surface area contributed by atoms with Crippen LogP contribution in [-0.4, -0.2) is 113 Å². The molecule has 8 rings (SSSR count). The largest absolute Gasteiger partial charge is 0.496 e. The van der Waals surface area contributed by atoms with E-state index in [0.29, 0.717) is 6.04 Å². The zero-order chi connectivity index (χ0) is 29.1. The number of aromatic nitrogens is 6. The van der Waals surface area contributed by atoms with Crippen LogP contribution in [0.15, 0.2) is 36.8 Å². The third-order valence-electron chi connectivity index (χ3n) is 8.80. The van der Waals surface area contributed by atoms with Crippen molar-refractivity contribution < 1.29 is 14.2 Å². The van der Waals surface area contributed by atoms with E-state index >= 15 is 0 Å². The maximum Gasteiger partial charge on any atom is 0.186 e. The van der Waals surface area contributed by atoms with Gasteiger partial charge in [-0.15, -0.1) is 0 Å². The number of ether oxygens (including phenoxy) is 3. The molecule has 2 unspecified atom stereocenters. The van der Waals surface area contributed by atoms with E-state index in [2.05, 4.69) is 25.8 Å². The fourth-order valence-electron chi connectivity index (χ4n) is 6.19. The van der Waals surface area contributed by atoms with Crippen LogP contribution in [-0.2, 0) is 9.47 Å². The number of pyridine rings is 3. The van der Waals surface area contributed by atoms with Crippen molar-refractivity contribution >= 4 is 43.4 Å². The highest BCUT2D eigenvalue weighted by atomic mass is 32.1. The van der Waals surface area contributed by atoms with Crippen LogP contribution in [0.25, 0.3) is 38.2 Å². The van der Waals surface area contributed by atoms with Crippen molar-refractivity contribution in [3.63, 3.8) is 0 Å². The molecule has 0 aliphatic carbocycles. The van der Waals surface area contributed by atoms with E-state index in [4.69, 9.17) is 34.3 Å². The Morgan fingerprint density at radius 3 is 2.70 bits per heavy atom. The van der Waals surface area contributed by atoms with Crippen molar-refractivity contribution in [2.45, 2.75) is 19.1 Å². The summed E-state index contributed by atoms with van der Waals surface area (Å²) in [6, 6.07) is 6.36. The van der Waals surface area contributed by atoms with Crippen LogP contribution in [0.5, 0.6) is 5.75 Å². The standard InChI is InChI=1S/C30H33N9O3S/c1-18-19-15-32-39(22(19)12-21(33-18)20-14-31-5-4-24(20)41-3)27-13-26-28(29(34-27)38-16-25-23(38)17-42-25)35-30(43-26)37-8-6-36(7-9-37)10-11-40-2/h4-5,12-15,23,25H,6-11,16-17H2,1-3H3. The summed E-state index contributed by atoms with van der Waals surface area (Å²) in [6.45, 7) is 9.16. The molecule has 0 saturated carbocycles. The fraction of sp³-hybridized carbons (Fsp3) is 0.433. The van der Waals surface area contributed by atoms with Gasteiger partial charge < -0.3 is 24.0 Å². The molecule has 0 aromatic carbocycles. The first-order valence-corrected chi connectivity index (χ1v) is 15.4. The summed E-state index contributed by atoms with van der Waals surface area (Å²) in [7, 11) is 3.42. The Balaban J connectivity index is 1.20. The molecule has 8 heterocycles. The van der Waals surface area contributed by atoms with Gasteiger partial charge in [-0.3, -0.25) is 14.9 Å². The molecule has 43 heavy (non-hydrogen) atoms. The lowest BCUT2D eigenvalue weighted by Gasteiger charge is -2.55. The number of methoxy groups -OCH3 is 2. The lowest BCUT2D eigenvalue weighted by atomic mass is 9.95. The second-order valence-electron chi connectivity index (χ2n) is 11.2. The van der Waals surface area contributed by atoms with Crippen LogP contribution in [0.4, 0.5) is 10.9 Å². The van der Waals surface area contributed by atoms with Gasteiger partial charge in [0.25, 0.3) is 0 Å². The van der Waals surface area contributed by atoms with Gasteiger partial charge >= 0.3 is 0 Å². The molecular formula is C30H33N9O3S. The number of fused-ring (bicyclic) bond motifs is 3. The van der Waals surface area contributed by atoms with E-state index in [0.717, 1.165) is 113 Å². The molecule has 3 fully saturated rings. The molecule has 12 nitrogen and oxygen atoms in total. The number of hydrogen-bond acceptors (Lipinski definition) is 12. The summed E-state index contributed by atoms with van der Waals surface area (Å²) in [6.07, 6.45) is 5.66. The number of hydrogen-bond donors (Lipinski definition) is 0. The molecule has 0 N–H and O–H groups in total. The Kier molecular flexibility index (Phi) is 6.62. The number of morpholine rings is 1. The molecule has 0 amide bonds. The second kappa shape index (κ2) is 10.7. The van der Waals surface area contributed by atoms with Gasteiger partial charge in [-0.25, -0.2) is 14.6 Å². The van der Waals surface area contributed by atoms with Crippen molar-refractivity contribution in [2.75, 3.05) is 76.5 Å². The first kappa shape index (κ1) is 26.7. The fourth-order valence-corrected chi connectivity index (χ4v) is 7.23. The average Bonchev–Trinajstić information content (AvgIpc) is 3.66. The average molecular weight is 600 g/mol. The van der Waals surface area contributed by atoms with Gasteiger partial charge in [-0.1, -0.05) is 11.3 Å². The van der Waals surface area contributed by atoms with Gasteiger partial charge in [-0.2, -0.15) is 5.10 Å². The minimum atomic E-state index is 0.287. The Morgan fingerprint density at radius 1 is 1.07 bits per heavy atom. The summed E-state index contributed by atoms with van der Waals surface area (Å²) in [5.74, 6) is 2.39. The number of anilines is 2. The lowest BCUT2D eigenvalue weighted by Crippen LogP contribution is -2.71. The lowest BCUT2D eigenvalue weighted by molar-refractivity contribution is -0.113. The van der Waals surface area contributed by atoms with Crippen LogP contribution in [0, 0.1) is 6.92 Å². The van der Waals surface area contributed by atoms with Crippen molar-refractivity contribution in [3.8, 4) is 22.8 Å². The second-order valence-corrected chi connectivity index (χ2v) is 12.2. The van der Waals surface area contributed by atoms with E-state index in [1.165, 1.54) is 0 Å². The first-order chi connectivity index (χ1) is 21.1. The molecule has 3 saturated heterocycles. The third kappa shape index (κ3) is 4.49. The van der Waals surface area contributed by atoms with Gasteiger partial charge in [0.05, 0.1) is 60.1 Å². The van der Waals surface area contributed by atoms with E-state index in [1.807, 2.05) is 29.9 Å². The highest BCUT2D eigenvalue weighted by Gasteiger charge is 2.48. The first-order valence-electron chi connectivity index (χ1n) is 14.6. The van der Waals surface area contributed by atoms with Gasteiger partial charge in [0.2, 0.25) is 0 Å². The van der Waals surface area contributed by atoms with E-state index in [1.54, 1.807) is 38.0 Å². The summed E-state index contributed by atoms with van der Waals surface area (Å²) in [5, 5.41) is 6.83. The number of aryl methyl sites for hydroxylation is 1. The quantitative estimate of drug-likeness (QED) is 0.263. The summed E-state index contributed by atoms with van der Waals surface area (Å²) in [5.41, 5.74) is 4.37. The predicted molar refractivity (Wildman–Crippen MR) is 166 cm³/mol. The minimum absolute atomic E-state index is 0.287. The molecule has 13 heteroatoms. The number of rotatable bonds is 8.